The number of sulfonamides is 1. The van der Waals surface area contributed by atoms with Gasteiger partial charge >= 0.3 is 0 Å². The number of amides is 1. The first-order chi connectivity index (χ1) is 12.4. The van der Waals surface area contributed by atoms with E-state index in [0.29, 0.717) is 18.0 Å². The molecule has 26 heavy (non-hydrogen) atoms. The lowest BCUT2D eigenvalue weighted by molar-refractivity contribution is -0.123. The van der Waals surface area contributed by atoms with Gasteiger partial charge in [-0.3, -0.25) is 9.52 Å². The summed E-state index contributed by atoms with van der Waals surface area (Å²) >= 11 is 0. The minimum Gasteiger partial charge on any atom is -0.484 e. The fourth-order valence-corrected chi connectivity index (χ4v) is 3.55. The minimum atomic E-state index is -3.33. The lowest BCUT2D eigenvalue weighted by Crippen LogP contribution is -2.28. The highest BCUT2D eigenvalue weighted by Crippen LogP contribution is 2.25. The summed E-state index contributed by atoms with van der Waals surface area (Å²) in [4.78, 5) is 12.0. The molecule has 0 radical (unpaired) electrons. The number of benzene rings is 2. The molecule has 0 heterocycles. The second-order valence-electron chi connectivity index (χ2n) is 6.42. The van der Waals surface area contributed by atoms with Crippen LogP contribution >= 0.6 is 0 Å². The van der Waals surface area contributed by atoms with Crippen molar-refractivity contribution in [2.45, 2.75) is 25.8 Å². The van der Waals surface area contributed by atoms with Crippen LogP contribution in [0.2, 0.25) is 0 Å². The minimum absolute atomic E-state index is 0.0555. The maximum atomic E-state index is 12.0. The van der Waals surface area contributed by atoms with Crippen LogP contribution in [0.4, 0.5) is 5.69 Å². The van der Waals surface area contributed by atoms with Crippen LogP contribution in [0.1, 0.15) is 23.1 Å². The second kappa shape index (κ2) is 7.78. The highest BCUT2D eigenvalue weighted by atomic mass is 32.2. The topological polar surface area (TPSA) is 84.5 Å². The lowest BCUT2D eigenvalue weighted by atomic mass is 10.1. The predicted molar refractivity (Wildman–Crippen MR) is 101 cm³/mol. The van der Waals surface area contributed by atoms with Gasteiger partial charge in [0.15, 0.2) is 6.61 Å². The van der Waals surface area contributed by atoms with Crippen LogP contribution in [0.5, 0.6) is 5.75 Å². The molecule has 0 aliphatic heterocycles. The molecule has 3 rings (SSSR count). The summed E-state index contributed by atoms with van der Waals surface area (Å²) in [6, 6.07) is 12.9. The van der Waals surface area contributed by atoms with E-state index in [2.05, 4.69) is 16.1 Å². The zero-order chi connectivity index (χ0) is 18.6. The standard InChI is InChI=1S/C19H22N2O4S/c1-26(23,24)21-17-7-2-4-14(10-17)12-20-19(22)13-25-18-9-8-15-5-3-6-16(15)11-18/h2,4,7-11,21H,3,5-6,12-13H2,1H3,(H,20,22). The predicted octanol–water partition coefficient (Wildman–Crippen LogP) is 2.24. The Hall–Kier alpha value is -2.54. The number of hydrogen-bond donors (Lipinski definition) is 2. The second-order valence-corrected chi connectivity index (χ2v) is 8.17. The number of ether oxygens (including phenoxy) is 1. The molecule has 0 spiro atoms. The largest absolute Gasteiger partial charge is 0.484 e. The molecule has 138 valence electrons. The Morgan fingerprint density at radius 2 is 1.92 bits per heavy atom. The quantitative estimate of drug-likeness (QED) is 0.778. The molecular formula is C19H22N2O4S. The molecule has 0 bridgehead atoms. The van der Waals surface area contributed by atoms with Gasteiger partial charge < -0.3 is 10.1 Å². The van der Waals surface area contributed by atoms with Gasteiger partial charge in [-0.25, -0.2) is 8.42 Å². The van der Waals surface area contributed by atoms with E-state index in [1.807, 2.05) is 18.2 Å². The molecule has 2 N–H and O–H groups in total. The van der Waals surface area contributed by atoms with Crippen LogP contribution < -0.4 is 14.8 Å². The van der Waals surface area contributed by atoms with E-state index in [-0.39, 0.29) is 12.5 Å². The van der Waals surface area contributed by atoms with Crippen LogP contribution in [-0.2, 0) is 34.2 Å². The normalized spacial score (nSPS) is 13.1. The van der Waals surface area contributed by atoms with Crippen LogP contribution in [0.25, 0.3) is 0 Å². The number of fused-ring (bicyclic) bond motifs is 1. The number of aryl methyl sites for hydroxylation is 2. The van der Waals surface area contributed by atoms with Crippen molar-refractivity contribution in [2.75, 3.05) is 17.6 Å². The molecule has 1 amide bonds. The molecule has 0 fully saturated rings. The number of anilines is 1. The maximum Gasteiger partial charge on any atom is 0.258 e. The Bertz CT molecular complexity index is 910. The van der Waals surface area contributed by atoms with E-state index in [9.17, 15) is 13.2 Å². The van der Waals surface area contributed by atoms with Gasteiger partial charge in [-0.15, -0.1) is 0 Å². The van der Waals surface area contributed by atoms with Gasteiger partial charge in [-0.2, -0.15) is 0 Å². The molecule has 0 unspecified atom stereocenters. The van der Waals surface area contributed by atoms with Gasteiger partial charge in [0, 0.05) is 12.2 Å². The van der Waals surface area contributed by atoms with Gasteiger partial charge in [0.2, 0.25) is 10.0 Å². The molecule has 0 atom stereocenters. The van der Waals surface area contributed by atoms with Crippen molar-refractivity contribution < 1.29 is 17.9 Å². The maximum absolute atomic E-state index is 12.0. The third-order valence-electron chi connectivity index (χ3n) is 4.16. The summed E-state index contributed by atoms with van der Waals surface area (Å²) in [7, 11) is -3.33. The fourth-order valence-electron chi connectivity index (χ4n) is 3.00. The highest BCUT2D eigenvalue weighted by molar-refractivity contribution is 7.92. The van der Waals surface area contributed by atoms with E-state index in [1.54, 1.807) is 18.2 Å². The van der Waals surface area contributed by atoms with Crippen molar-refractivity contribution in [3.05, 3.63) is 59.2 Å². The van der Waals surface area contributed by atoms with Gasteiger partial charge in [0.1, 0.15) is 5.75 Å². The summed E-state index contributed by atoms with van der Waals surface area (Å²) in [5, 5.41) is 2.77. The number of carbonyl (C=O) groups excluding carboxylic acids is 1. The molecule has 0 aromatic heterocycles. The summed E-state index contributed by atoms with van der Waals surface area (Å²) < 4.78 is 30.5. The van der Waals surface area contributed by atoms with Gasteiger partial charge in [-0.1, -0.05) is 18.2 Å². The van der Waals surface area contributed by atoms with Crippen molar-refractivity contribution in [1.29, 1.82) is 0 Å². The Balaban J connectivity index is 1.49. The van der Waals surface area contributed by atoms with E-state index in [1.165, 1.54) is 17.5 Å². The Labute approximate surface area is 153 Å². The zero-order valence-corrected chi connectivity index (χ0v) is 15.4. The Morgan fingerprint density at radius 1 is 1.12 bits per heavy atom. The van der Waals surface area contributed by atoms with E-state index in [0.717, 1.165) is 24.7 Å². The van der Waals surface area contributed by atoms with Crippen molar-refractivity contribution in [3.8, 4) is 5.75 Å². The molecule has 1 aliphatic carbocycles. The number of rotatable bonds is 7. The highest BCUT2D eigenvalue weighted by Gasteiger charge is 2.12. The summed E-state index contributed by atoms with van der Waals surface area (Å²) in [5.41, 5.74) is 3.93. The van der Waals surface area contributed by atoms with Crippen molar-refractivity contribution in [3.63, 3.8) is 0 Å². The van der Waals surface area contributed by atoms with Gasteiger partial charge in [-0.05, 0) is 60.2 Å². The molecule has 2 aromatic rings. The van der Waals surface area contributed by atoms with Crippen LogP contribution in [-0.4, -0.2) is 27.2 Å². The van der Waals surface area contributed by atoms with E-state index >= 15 is 0 Å². The third-order valence-corrected chi connectivity index (χ3v) is 4.77. The van der Waals surface area contributed by atoms with Crippen molar-refractivity contribution in [2.24, 2.45) is 0 Å². The SMILES string of the molecule is CS(=O)(=O)Nc1cccc(CNC(=O)COc2ccc3c(c2)CCC3)c1. The zero-order valence-electron chi connectivity index (χ0n) is 14.6. The smallest absolute Gasteiger partial charge is 0.258 e. The van der Waals surface area contributed by atoms with Crippen LogP contribution in [0.15, 0.2) is 42.5 Å². The molecule has 2 aromatic carbocycles. The van der Waals surface area contributed by atoms with Gasteiger partial charge in [0.05, 0.1) is 6.26 Å². The molecule has 0 saturated carbocycles. The summed E-state index contributed by atoms with van der Waals surface area (Å²) in [5.74, 6) is 0.479. The summed E-state index contributed by atoms with van der Waals surface area (Å²) in [6.45, 7) is 0.242. The number of nitrogens with one attached hydrogen (secondary N) is 2. The monoisotopic (exact) mass is 374 g/mol. The molecule has 1 aliphatic rings. The van der Waals surface area contributed by atoms with Crippen molar-refractivity contribution in [1.82, 2.24) is 5.32 Å². The average Bonchev–Trinajstić information content (AvgIpc) is 3.04. The Morgan fingerprint density at radius 3 is 2.73 bits per heavy atom. The molecular weight excluding hydrogens is 352 g/mol. The van der Waals surface area contributed by atoms with Crippen molar-refractivity contribution >= 4 is 21.6 Å². The molecule has 7 heteroatoms. The fraction of sp³-hybridized carbons (Fsp3) is 0.316. The van der Waals surface area contributed by atoms with Crippen LogP contribution in [0.3, 0.4) is 0 Å². The van der Waals surface area contributed by atoms with Gasteiger partial charge in [0.25, 0.3) is 5.91 Å². The third kappa shape index (κ3) is 5.23. The molecule has 6 nitrogen and oxygen atoms in total. The Kier molecular flexibility index (Phi) is 5.46. The first-order valence-corrected chi connectivity index (χ1v) is 10.4. The molecule has 0 saturated heterocycles. The first-order valence-electron chi connectivity index (χ1n) is 8.47. The number of hydrogen-bond acceptors (Lipinski definition) is 4. The van der Waals surface area contributed by atoms with Crippen LogP contribution in [0, 0.1) is 0 Å². The average molecular weight is 374 g/mol. The lowest BCUT2D eigenvalue weighted by Gasteiger charge is -2.10. The van der Waals surface area contributed by atoms with E-state index < -0.39 is 10.0 Å². The number of carbonyl (C=O) groups is 1. The first kappa shape index (κ1) is 18.3. The summed E-state index contributed by atoms with van der Waals surface area (Å²) in [6.07, 6.45) is 4.45. The van der Waals surface area contributed by atoms with E-state index in [4.69, 9.17) is 4.74 Å².